The van der Waals surface area contributed by atoms with Crippen molar-refractivity contribution in [2.24, 2.45) is 0 Å². The van der Waals surface area contributed by atoms with Crippen LogP contribution in [0.4, 0.5) is 0 Å². The summed E-state index contributed by atoms with van der Waals surface area (Å²) in [5.74, 6) is 0. The van der Waals surface area contributed by atoms with Crippen molar-refractivity contribution in [3.05, 3.63) is 0 Å². The van der Waals surface area contributed by atoms with E-state index in [0.717, 1.165) is 12.1 Å². The largest absolute Gasteiger partial charge is 0.311 e. The van der Waals surface area contributed by atoms with Crippen LogP contribution in [0, 0.1) is 0 Å². The minimum Gasteiger partial charge on any atom is -0.311 e. The van der Waals surface area contributed by atoms with Crippen LogP contribution in [0.2, 0.25) is 0 Å². The molecule has 0 aromatic carbocycles. The highest BCUT2D eigenvalue weighted by Gasteiger charge is 2.22. The van der Waals surface area contributed by atoms with E-state index in [4.69, 9.17) is 0 Å². The third-order valence-corrected chi connectivity index (χ3v) is 4.66. The van der Waals surface area contributed by atoms with Gasteiger partial charge in [0.05, 0.1) is 0 Å². The summed E-state index contributed by atoms with van der Waals surface area (Å²) in [5, 5.41) is 3.78. The quantitative estimate of drug-likeness (QED) is 0.744. The van der Waals surface area contributed by atoms with Crippen LogP contribution in [-0.2, 0) is 0 Å². The Morgan fingerprint density at radius 1 is 1.05 bits per heavy atom. The van der Waals surface area contributed by atoms with E-state index in [1.54, 1.807) is 0 Å². The molecule has 0 aliphatic carbocycles. The average Bonchev–Trinajstić information content (AvgIpc) is 2.39. The van der Waals surface area contributed by atoms with Crippen molar-refractivity contribution >= 4 is 0 Å². The van der Waals surface area contributed by atoms with E-state index in [1.807, 2.05) is 0 Å². The Bertz CT molecular complexity index is 217. The maximum Gasteiger partial charge on any atom is 0.00951 e. The second kappa shape index (κ2) is 9.77. The van der Waals surface area contributed by atoms with E-state index >= 15 is 0 Å². The molecule has 0 bridgehead atoms. The van der Waals surface area contributed by atoms with E-state index in [1.165, 1.54) is 64.5 Å². The molecule has 0 aromatic heterocycles. The van der Waals surface area contributed by atoms with Crippen molar-refractivity contribution in [3.8, 4) is 0 Å². The first-order valence-corrected chi connectivity index (χ1v) is 8.71. The number of unbranched alkanes of at least 4 members (excludes halogenated alkanes) is 1. The topological polar surface area (TPSA) is 15.3 Å². The van der Waals surface area contributed by atoms with Crippen LogP contribution in [0.3, 0.4) is 0 Å². The molecule has 2 nitrogen and oxygen atoms in total. The monoisotopic (exact) mass is 268 g/mol. The van der Waals surface area contributed by atoms with E-state index in [0.29, 0.717) is 6.04 Å². The zero-order valence-corrected chi connectivity index (χ0v) is 13.8. The van der Waals surface area contributed by atoms with Gasteiger partial charge in [-0.1, -0.05) is 40.0 Å². The summed E-state index contributed by atoms with van der Waals surface area (Å²) < 4.78 is 0. The third kappa shape index (κ3) is 6.27. The van der Waals surface area contributed by atoms with Gasteiger partial charge in [0, 0.05) is 18.1 Å². The third-order valence-electron chi connectivity index (χ3n) is 4.66. The fourth-order valence-corrected chi connectivity index (χ4v) is 3.33. The van der Waals surface area contributed by atoms with Crippen molar-refractivity contribution in [1.29, 1.82) is 0 Å². The average molecular weight is 268 g/mol. The Hall–Kier alpha value is -0.0800. The number of hydrogen-bond donors (Lipinski definition) is 1. The maximum atomic E-state index is 3.78. The molecule has 0 amide bonds. The summed E-state index contributed by atoms with van der Waals surface area (Å²) in [6.45, 7) is 11.9. The van der Waals surface area contributed by atoms with Gasteiger partial charge in [-0.3, -0.25) is 0 Å². The highest BCUT2D eigenvalue weighted by molar-refractivity contribution is 4.80. The van der Waals surface area contributed by atoms with Gasteiger partial charge in [0.1, 0.15) is 0 Å². The second-order valence-corrected chi connectivity index (χ2v) is 6.37. The van der Waals surface area contributed by atoms with Gasteiger partial charge in [0.25, 0.3) is 0 Å². The van der Waals surface area contributed by atoms with Gasteiger partial charge in [0.15, 0.2) is 0 Å². The zero-order valence-electron chi connectivity index (χ0n) is 13.8. The molecule has 3 unspecified atom stereocenters. The van der Waals surface area contributed by atoms with Gasteiger partial charge in [-0.05, 0) is 52.1 Å². The van der Waals surface area contributed by atoms with Gasteiger partial charge in [-0.2, -0.15) is 0 Å². The summed E-state index contributed by atoms with van der Waals surface area (Å²) >= 11 is 0. The minimum absolute atomic E-state index is 0.682. The number of hydrogen-bond acceptors (Lipinski definition) is 2. The van der Waals surface area contributed by atoms with Gasteiger partial charge in [-0.15, -0.1) is 0 Å². The van der Waals surface area contributed by atoms with Gasteiger partial charge in [-0.25, -0.2) is 0 Å². The Kier molecular flexibility index (Phi) is 8.72. The molecule has 1 aliphatic heterocycles. The van der Waals surface area contributed by atoms with E-state index in [-0.39, 0.29) is 0 Å². The predicted molar refractivity (Wildman–Crippen MR) is 85.7 cm³/mol. The molecule has 0 spiro atoms. The molecule has 0 saturated carbocycles. The molecule has 2 heteroatoms. The lowest BCUT2D eigenvalue weighted by molar-refractivity contribution is 0.142. The van der Waals surface area contributed by atoms with Gasteiger partial charge in [0.2, 0.25) is 0 Å². The van der Waals surface area contributed by atoms with Crippen LogP contribution in [0.1, 0.15) is 79.1 Å². The first-order chi connectivity index (χ1) is 9.21. The van der Waals surface area contributed by atoms with E-state index in [2.05, 4.69) is 37.9 Å². The summed E-state index contributed by atoms with van der Waals surface area (Å²) in [7, 11) is 0. The lowest BCUT2D eigenvalue weighted by Crippen LogP contribution is -2.47. The van der Waals surface area contributed by atoms with Crippen LogP contribution in [0.5, 0.6) is 0 Å². The van der Waals surface area contributed by atoms with Crippen LogP contribution in [0.15, 0.2) is 0 Å². The van der Waals surface area contributed by atoms with Crippen molar-refractivity contribution in [2.75, 3.05) is 13.1 Å². The smallest absolute Gasteiger partial charge is 0.00951 e. The van der Waals surface area contributed by atoms with Crippen molar-refractivity contribution in [3.63, 3.8) is 0 Å². The molecular weight excluding hydrogens is 232 g/mol. The second-order valence-electron chi connectivity index (χ2n) is 6.37. The van der Waals surface area contributed by atoms with Crippen molar-refractivity contribution in [2.45, 2.75) is 97.2 Å². The normalized spacial score (nSPS) is 27.8. The molecule has 0 radical (unpaired) electrons. The molecule has 1 heterocycles. The molecule has 1 fully saturated rings. The Morgan fingerprint density at radius 3 is 2.42 bits per heavy atom. The number of nitrogens with zero attached hydrogens (tertiary/aromatic N) is 1. The number of nitrogens with one attached hydrogen (secondary N) is 1. The Labute approximate surface area is 121 Å². The fraction of sp³-hybridized carbons (Fsp3) is 1.00. The van der Waals surface area contributed by atoms with Crippen LogP contribution in [-0.4, -0.2) is 36.1 Å². The Balaban J connectivity index is 2.55. The highest BCUT2D eigenvalue weighted by atomic mass is 15.2. The lowest BCUT2D eigenvalue weighted by atomic mass is 9.99. The van der Waals surface area contributed by atoms with E-state index in [9.17, 15) is 0 Å². The molecule has 1 rings (SSSR count). The van der Waals surface area contributed by atoms with E-state index < -0.39 is 0 Å². The first-order valence-electron chi connectivity index (χ1n) is 8.71. The fourth-order valence-electron chi connectivity index (χ4n) is 3.33. The molecule has 1 N–H and O–H groups in total. The lowest BCUT2D eigenvalue weighted by Gasteiger charge is -2.37. The van der Waals surface area contributed by atoms with Crippen LogP contribution in [0.25, 0.3) is 0 Å². The molecule has 3 atom stereocenters. The molecule has 114 valence electrons. The van der Waals surface area contributed by atoms with Crippen LogP contribution < -0.4 is 5.32 Å². The minimum atomic E-state index is 0.682. The summed E-state index contributed by atoms with van der Waals surface area (Å²) in [6, 6.07) is 2.25. The molecular formula is C17H36N2. The zero-order chi connectivity index (χ0) is 14.1. The molecule has 19 heavy (non-hydrogen) atoms. The Morgan fingerprint density at radius 2 is 1.79 bits per heavy atom. The molecule has 0 aromatic rings. The van der Waals surface area contributed by atoms with Gasteiger partial charge >= 0.3 is 0 Å². The summed E-state index contributed by atoms with van der Waals surface area (Å²) in [4.78, 5) is 2.80. The van der Waals surface area contributed by atoms with Crippen molar-refractivity contribution < 1.29 is 0 Å². The standard InChI is InChI=1S/C17H36N2/c1-5-8-10-17(9-6-2)19-13-11-15(4)18-16(7-3)12-14-19/h15-18H,5-14H2,1-4H3. The van der Waals surface area contributed by atoms with Crippen LogP contribution >= 0.6 is 0 Å². The molecule has 1 aliphatic rings. The highest BCUT2D eigenvalue weighted by Crippen LogP contribution is 2.18. The number of rotatable bonds is 7. The first kappa shape index (κ1) is 17.0. The van der Waals surface area contributed by atoms with Crippen molar-refractivity contribution in [1.82, 2.24) is 10.2 Å². The molecule has 1 saturated heterocycles. The van der Waals surface area contributed by atoms with Gasteiger partial charge < -0.3 is 10.2 Å². The predicted octanol–water partition coefficient (Wildman–Crippen LogP) is 4.20. The maximum absolute atomic E-state index is 3.78. The summed E-state index contributed by atoms with van der Waals surface area (Å²) in [6.07, 6.45) is 10.8. The SMILES string of the molecule is CCCCC(CCC)N1CCC(C)NC(CC)CC1. The summed E-state index contributed by atoms with van der Waals surface area (Å²) in [5.41, 5.74) is 0.